The maximum Gasteiger partial charge on any atom is 0.306 e. The van der Waals surface area contributed by atoms with Gasteiger partial charge in [-0.05, 0) is 41.3 Å². The molecule has 0 heterocycles. The van der Waals surface area contributed by atoms with E-state index in [-0.39, 0.29) is 18.3 Å². The van der Waals surface area contributed by atoms with Gasteiger partial charge in [-0.3, -0.25) is 4.79 Å². The van der Waals surface area contributed by atoms with Crippen LogP contribution in [0.1, 0.15) is 47.6 Å². The van der Waals surface area contributed by atoms with Gasteiger partial charge < -0.3 is 14.6 Å². The lowest BCUT2D eigenvalue weighted by Crippen LogP contribution is -2.13. The van der Waals surface area contributed by atoms with Crippen molar-refractivity contribution >= 4 is 5.97 Å². The fraction of sp³-hybridized carbons (Fsp3) is 0.350. The van der Waals surface area contributed by atoms with Crippen LogP contribution < -0.4 is 4.74 Å². The molecule has 1 aliphatic carbocycles. The van der Waals surface area contributed by atoms with Gasteiger partial charge in [0.15, 0.2) is 0 Å². The monoisotopic (exact) mass is 326 g/mol. The molecule has 4 nitrogen and oxygen atoms in total. The highest BCUT2D eigenvalue weighted by Crippen LogP contribution is 2.41. The summed E-state index contributed by atoms with van der Waals surface area (Å²) >= 11 is 0. The van der Waals surface area contributed by atoms with Gasteiger partial charge >= 0.3 is 5.97 Å². The van der Waals surface area contributed by atoms with Crippen molar-refractivity contribution in [2.75, 3.05) is 13.7 Å². The van der Waals surface area contributed by atoms with E-state index in [4.69, 9.17) is 9.47 Å². The third-order valence-electron chi connectivity index (χ3n) is 4.55. The van der Waals surface area contributed by atoms with E-state index in [1.54, 1.807) is 14.0 Å². The van der Waals surface area contributed by atoms with Gasteiger partial charge in [0.2, 0.25) is 0 Å². The van der Waals surface area contributed by atoms with E-state index in [9.17, 15) is 9.90 Å². The number of carbonyl (C=O) groups is 1. The summed E-state index contributed by atoms with van der Waals surface area (Å²) in [5, 5.41) is 10.6. The minimum absolute atomic E-state index is 0.150. The molecule has 0 radical (unpaired) electrons. The fourth-order valence-corrected chi connectivity index (χ4v) is 3.43. The van der Waals surface area contributed by atoms with Gasteiger partial charge in [-0.15, -0.1) is 0 Å². The minimum Gasteiger partial charge on any atom is -0.497 e. The summed E-state index contributed by atoms with van der Waals surface area (Å²) in [6.07, 6.45) is 0.188. The molecule has 0 saturated carbocycles. The summed E-state index contributed by atoms with van der Waals surface area (Å²) in [7, 11) is 1.63. The average molecular weight is 326 g/mol. The van der Waals surface area contributed by atoms with Crippen molar-refractivity contribution < 1.29 is 19.4 Å². The van der Waals surface area contributed by atoms with Crippen molar-refractivity contribution in [1.82, 2.24) is 0 Å². The summed E-state index contributed by atoms with van der Waals surface area (Å²) in [4.78, 5) is 12.2. The van der Waals surface area contributed by atoms with Crippen LogP contribution >= 0.6 is 0 Å². The minimum atomic E-state index is -0.583. The standard InChI is InChI=1S/C20H22O4/c1-3-24-20(22)12-18-15-6-4-5-7-16(15)19(21)10-13-8-9-14(23-2)11-17(13)18/h4-9,11,18-19,21H,3,10,12H2,1-2H3. The Balaban J connectivity index is 2.13. The van der Waals surface area contributed by atoms with Crippen LogP contribution in [0.4, 0.5) is 0 Å². The van der Waals surface area contributed by atoms with Crippen molar-refractivity contribution in [1.29, 1.82) is 0 Å². The quantitative estimate of drug-likeness (QED) is 0.875. The smallest absolute Gasteiger partial charge is 0.306 e. The molecule has 0 aliphatic heterocycles. The summed E-state index contributed by atoms with van der Waals surface area (Å²) in [6, 6.07) is 13.6. The lowest BCUT2D eigenvalue weighted by Gasteiger charge is -2.20. The topological polar surface area (TPSA) is 55.8 Å². The number of aliphatic hydroxyl groups is 1. The number of rotatable bonds is 4. The lowest BCUT2D eigenvalue weighted by atomic mass is 9.85. The molecule has 4 heteroatoms. The second kappa shape index (κ2) is 7.05. The van der Waals surface area contributed by atoms with Gasteiger partial charge in [-0.2, -0.15) is 0 Å². The van der Waals surface area contributed by atoms with Crippen LogP contribution in [0.5, 0.6) is 5.75 Å². The van der Waals surface area contributed by atoms with Crippen LogP contribution in [0.25, 0.3) is 0 Å². The molecule has 0 bridgehead atoms. The molecule has 0 saturated heterocycles. The van der Waals surface area contributed by atoms with E-state index >= 15 is 0 Å². The number of fused-ring (bicyclic) bond motifs is 2. The van der Waals surface area contributed by atoms with Gasteiger partial charge in [0.25, 0.3) is 0 Å². The van der Waals surface area contributed by atoms with Crippen molar-refractivity contribution in [3.05, 3.63) is 64.7 Å². The number of aliphatic hydroxyl groups excluding tert-OH is 1. The number of hydrogen-bond donors (Lipinski definition) is 1. The van der Waals surface area contributed by atoms with Crippen LogP contribution in [-0.2, 0) is 16.0 Å². The van der Waals surface area contributed by atoms with E-state index in [1.807, 2.05) is 42.5 Å². The third-order valence-corrected chi connectivity index (χ3v) is 4.55. The Morgan fingerprint density at radius 3 is 2.62 bits per heavy atom. The van der Waals surface area contributed by atoms with Gasteiger partial charge in [0.05, 0.1) is 26.2 Å². The van der Waals surface area contributed by atoms with E-state index in [1.165, 1.54) is 0 Å². The highest BCUT2D eigenvalue weighted by molar-refractivity contribution is 5.72. The molecule has 0 fully saturated rings. The number of hydrogen-bond acceptors (Lipinski definition) is 4. The zero-order chi connectivity index (χ0) is 17.1. The molecule has 1 aliphatic rings. The van der Waals surface area contributed by atoms with Crippen molar-refractivity contribution in [2.24, 2.45) is 0 Å². The molecule has 2 unspecified atom stereocenters. The Kier molecular flexibility index (Phi) is 4.86. The maximum absolute atomic E-state index is 12.2. The van der Waals surface area contributed by atoms with Gasteiger partial charge in [-0.25, -0.2) is 0 Å². The van der Waals surface area contributed by atoms with Crippen LogP contribution in [-0.4, -0.2) is 24.8 Å². The summed E-state index contributed by atoms with van der Waals surface area (Å²) in [5.41, 5.74) is 3.91. The molecule has 2 aromatic rings. The van der Waals surface area contributed by atoms with Gasteiger partial charge in [0.1, 0.15) is 5.75 Å². The second-order valence-electron chi connectivity index (χ2n) is 5.98. The molecule has 1 N–H and O–H groups in total. The molecule has 0 aromatic heterocycles. The van der Waals surface area contributed by atoms with Gasteiger partial charge in [-0.1, -0.05) is 30.3 Å². The predicted molar refractivity (Wildman–Crippen MR) is 91.2 cm³/mol. The average Bonchev–Trinajstić information content (AvgIpc) is 2.70. The number of carbonyl (C=O) groups excluding carboxylic acids is 1. The highest BCUT2D eigenvalue weighted by atomic mass is 16.5. The molecule has 24 heavy (non-hydrogen) atoms. The highest BCUT2D eigenvalue weighted by Gasteiger charge is 2.30. The molecule has 126 valence electrons. The molecule has 2 atom stereocenters. The predicted octanol–water partition coefficient (Wildman–Crippen LogP) is 3.37. The maximum atomic E-state index is 12.2. The van der Waals surface area contributed by atoms with E-state index in [0.717, 1.165) is 28.0 Å². The van der Waals surface area contributed by atoms with Crippen LogP contribution in [0, 0.1) is 0 Å². The number of ether oxygens (including phenoxy) is 2. The summed E-state index contributed by atoms with van der Waals surface area (Å²) < 4.78 is 10.5. The van der Waals surface area contributed by atoms with E-state index in [0.29, 0.717) is 13.0 Å². The first-order valence-electron chi connectivity index (χ1n) is 8.23. The van der Waals surface area contributed by atoms with E-state index < -0.39 is 6.10 Å². The number of methoxy groups -OCH3 is 1. The second-order valence-corrected chi connectivity index (χ2v) is 5.98. The Bertz CT molecular complexity index is 738. The van der Waals surface area contributed by atoms with E-state index in [2.05, 4.69) is 0 Å². The molecular weight excluding hydrogens is 304 g/mol. The SMILES string of the molecule is CCOC(=O)CC1c2cc(OC)ccc2CC(O)c2ccccc21. The summed E-state index contributed by atoms with van der Waals surface area (Å²) in [5.74, 6) is 0.362. The molecule has 0 amide bonds. The first kappa shape index (κ1) is 16.5. The first-order chi connectivity index (χ1) is 11.6. The Morgan fingerprint density at radius 2 is 1.92 bits per heavy atom. The summed E-state index contributed by atoms with van der Waals surface area (Å²) in [6.45, 7) is 2.17. The lowest BCUT2D eigenvalue weighted by molar-refractivity contribution is -0.143. The fourth-order valence-electron chi connectivity index (χ4n) is 3.43. The molecule has 0 spiro atoms. The zero-order valence-electron chi connectivity index (χ0n) is 14.0. The van der Waals surface area contributed by atoms with Crippen LogP contribution in [0.3, 0.4) is 0 Å². The molecular formula is C20H22O4. The first-order valence-corrected chi connectivity index (χ1v) is 8.23. The van der Waals surface area contributed by atoms with Gasteiger partial charge in [0, 0.05) is 12.3 Å². The molecule has 3 rings (SSSR count). The number of benzene rings is 2. The Hall–Kier alpha value is -2.33. The normalized spacial score (nSPS) is 19.0. The molecule has 2 aromatic carbocycles. The largest absolute Gasteiger partial charge is 0.497 e. The van der Waals surface area contributed by atoms with Crippen molar-refractivity contribution in [3.63, 3.8) is 0 Å². The zero-order valence-corrected chi connectivity index (χ0v) is 14.0. The number of esters is 1. The van der Waals surface area contributed by atoms with Crippen molar-refractivity contribution in [3.8, 4) is 5.75 Å². The Morgan fingerprint density at radius 1 is 1.17 bits per heavy atom. The third kappa shape index (κ3) is 3.15. The Labute approximate surface area is 142 Å². The van der Waals surface area contributed by atoms with Crippen LogP contribution in [0.15, 0.2) is 42.5 Å². The van der Waals surface area contributed by atoms with Crippen LogP contribution in [0.2, 0.25) is 0 Å². The van der Waals surface area contributed by atoms with Crippen molar-refractivity contribution in [2.45, 2.75) is 31.8 Å².